The molecule has 1 fully saturated rings. The number of unbranched alkanes of at least 4 members (excludes halogenated alkanes) is 1. The summed E-state index contributed by atoms with van der Waals surface area (Å²) < 4.78 is 42.4. The number of rotatable bonds is 9. The Morgan fingerprint density at radius 1 is 1.13 bits per heavy atom. The van der Waals surface area contributed by atoms with Crippen molar-refractivity contribution in [2.75, 3.05) is 12.4 Å². The first-order valence-electron chi connectivity index (χ1n) is 12.7. The van der Waals surface area contributed by atoms with E-state index in [0.717, 1.165) is 18.5 Å². The van der Waals surface area contributed by atoms with E-state index in [9.17, 15) is 18.7 Å². The molecule has 1 heterocycles. The van der Waals surface area contributed by atoms with E-state index in [1.807, 2.05) is 0 Å². The van der Waals surface area contributed by atoms with Crippen molar-refractivity contribution in [3.05, 3.63) is 75.5 Å². The van der Waals surface area contributed by atoms with Crippen LogP contribution in [0.1, 0.15) is 78.5 Å². The molecule has 1 amide bonds. The fraction of sp³-hybridized carbons (Fsp3) is 0.393. The topological polar surface area (TPSA) is 101 Å². The number of aromatic nitrogens is 2. The maximum atomic E-state index is 15.2. The third kappa shape index (κ3) is 6.91. The minimum atomic E-state index is -0.768. The van der Waals surface area contributed by atoms with Crippen LogP contribution in [0.3, 0.4) is 0 Å². The van der Waals surface area contributed by atoms with Gasteiger partial charge in [0.2, 0.25) is 0 Å². The summed E-state index contributed by atoms with van der Waals surface area (Å²) in [5.74, 6) is -1.65. The van der Waals surface area contributed by atoms with Crippen molar-refractivity contribution in [3.8, 4) is 11.3 Å². The van der Waals surface area contributed by atoms with Gasteiger partial charge in [0.05, 0.1) is 36.3 Å². The van der Waals surface area contributed by atoms with Crippen molar-refractivity contribution in [1.82, 2.24) is 15.3 Å². The van der Waals surface area contributed by atoms with Gasteiger partial charge < -0.3 is 16.2 Å². The molecular weight excluding hydrogens is 561 g/mol. The smallest absolute Gasteiger partial charge is 0.254 e. The molecule has 0 spiro atoms. The van der Waals surface area contributed by atoms with Gasteiger partial charge in [0.25, 0.3) is 5.91 Å². The predicted molar refractivity (Wildman–Crippen MR) is 143 cm³/mol. The molecule has 202 valence electrons. The Balaban J connectivity index is 1.55. The molecule has 4 N–H and O–H groups in total. The second kappa shape index (κ2) is 12.7. The van der Waals surface area contributed by atoms with Crippen molar-refractivity contribution in [1.29, 1.82) is 0 Å². The Labute approximate surface area is 228 Å². The Bertz CT molecular complexity index is 1260. The van der Waals surface area contributed by atoms with Crippen LogP contribution in [0, 0.1) is 11.6 Å². The molecule has 0 saturated heterocycles. The normalized spacial score (nSPS) is 18.2. The van der Waals surface area contributed by atoms with Crippen LogP contribution in [0.25, 0.3) is 11.3 Å². The number of hydrogen-bond acceptors (Lipinski definition) is 5. The van der Waals surface area contributed by atoms with Crippen LogP contribution in [0.2, 0.25) is 0 Å². The maximum Gasteiger partial charge on any atom is 0.254 e. The lowest BCUT2D eigenvalue weighted by atomic mass is 9.85. The fourth-order valence-corrected chi connectivity index (χ4v) is 5.30. The van der Waals surface area contributed by atoms with E-state index >= 15 is 4.39 Å². The van der Waals surface area contributed by atoms with Gasteiger partial charge in [0.1, 0.15) is 23.1 Å². The monoisotopic (exact) mass is 590 g/mol. The Morgan fingerprint density at radius 2 is 1.89 bits per heavy atom. The van der Waals surface area contributed by atoms with Gasteiger partial charge in [-0.05, 0) is 80.8 Å². The second-order valence-corrected chi connectivity index (χ2v) is 10.6. The number of nitrogen functional groups attached to an aromatic ring is 1. The number of nitrogens with one attached hydrogen (secondary N) is 1. The largest absolute Gasteiger partial charge is 0.393 e. The first-order chi connectivity index (χ1) is 18.2. The third-order valence-corrected chi connectivity index (χ3v) is 7.35. The summed E-state index contributed by atoms with van der Waals surface area (Å²) in [6.07, 6.45) is 5.38. The first kappa shape index (κ1) is 28.0. The molecule has 0 radical (unpaired) electrons. The van der Waals surface area contributed by atoms with Crippen molar-refractivity contribution in [2.24, 2.45) is 0 Å². The number of carbonyl (C=O) groups excluding carboxylic acids is 1. The van der Waals surface area contributed by atoms with Gasteiger partial charge in [0.15, 0.2) is 0 Å². The molecule has 0 bridgehead atoms. The highest BCUT2D eigenvalue weighted by atomic mass is 79.9. The SMILES string of the molecule is Nc1ncc(C2CCC(O)CC2)nc1-c1ccc(C(=O)N[C@H](CCCCF)c2cc(F)cc(Br)c2)c(F)c1. The lowest BCUT2D eigenvalue weighted by molar-refractivity contribution is 0.0929. The summed E-state index contributed by atoms with van der Waals surface area (Å²) in [5.41, 5.74) is 7.81. The van der Waals surface area contributed by atoms with Crippen molar-refractivity contribution in [3.63, 3.8) is 0 Å². The number of nitrogens with zero attached hydrogens (tertiary/aromatic N) is 2. The molecule has 6 nitrogen and oxygen atoms in total. The number of halogens is 4. The predicted octanol–water partition coefficient (Wildman–Crippen LogP) is 6.40. The number of alkyl halides is 1. The number of aliphatic hydroxyl groups excluding tert-OH is 1. The lowest BCUT2D eigenvalue weighted by Crippen LogP contribution is -2.29. The highest BCUT2D eigenvalue weighted by Crippen LogP contribution is 2.34. The Hall–Kier alpha value is -2.98. The summed E-state index contributed by atoms with van der Waals surface area (Å²) in [5, 5.41) is 12.6. The standard InChI is InChI=1S/C28H30BrF3N4O2/c29-19-11-18(12-20(31)14-19)24(3-1-2-10-30)36-28(38)22-9-6-17(13-23(22)32)26-27(33)34-15-25(35-26)16-4-7-21(37)8-5-16/h6,9,11-16,21,24,37H,1-5,7-8,10H2,(H2,33,34)(H,36,38)/t16?,21?,24-/m1/s1. The van der Waals surface area contributed by atoms with Gasteiger partial charge in [-0.1, -0.05) is 22.0 Å². The average molecular weight is 591 g/mol. The third-order valence-electron chi connectivity index (χ3n) is 6.89. The van der Waals surface area contributed by atoms with Gasteiger partial charge in [-0.3, -0.25) is 9.18 Å². The van der Waals surface area contributed by atoms with E-state index < -0.39 is 30.3 Å². The zero-order chi connectivity index (χ0) is 27.2. The van der Waals surface area contributed by atoms with Crippen LogP contribution >= 0.6 is 15.9 Å². The van der Waals surface area contributed by atoms with Crippen LogP contribution in [0.5, 0.6) is 0 Å². The number of hydrogen-bond donors (Lipinski definition) is 3. The van der Waals surface area contributed by atoms with E-state index in [4.69, 9.17) is 5.73 Å². The second-order valence-electron chi connectivity index (χ2n) is 9.64. The highest BCUT2D eigenvalue weighted by molar-refractivity contribution is 9.10. The van der Waals surface area contributed by atoms with Gasteiger partial charge in [-0.2, -0.15) is 0 Å². The molecule has 0 unspecified atom stereocenters. The van der Waals surface area contributed by atoms with Gasteiger partial charge >= 0.3 is 0 Å². The van der Waals surface area contributed by atoms with Crippen LogP contribution in [0.15, 0.2) is 47.1 Å². The average Bonchev–Trinajstić information content (AvgIpc) is 2.88. The minimum absolute atomic E-state index is 0.136. The van der Waals surface area contributed by atoms with Crippen molar-refractivity contribution < 1.29 is 23.1 Å². The van der Waals surface area contributed by atoms with Gasteiger partial charge in [0, 0.05) is 16.0 Å². The van der Waals surface area contributed by atoms with Crippen molar-refractivity contribution in [2.45, 2.75) is 63.0 Å². The zero-order valence-corrected chi connectivity index (χ0v) is 22.4. The molecule has 1 aromatic heterocycles. The molecular formula is C28H30BrF3N4O2. The van der Waals surface area contributed by atoms with E-state index in [-0.39, 0.29) is 23.4 Å². The molecule has 1 atom stereocenters. The molecule has 38 heavy (non-hydrogen) atoms. The van der Waals surface area contributed by atoms with E-state index in [0.29, 0.717) is 53.4 Å². The molecule has 0 aliphatic heterocycles. The number of aliphatic hydroxyl groups is 1. The van der Waals surface area contributed by atoms with E-state index in [1.165, 1.54) is 24.3 Å². The molecule has 1 saturated carbocycles. The summed E-state index contributed by atoms with van der Waals surface area (Å²) in [6, 6.07) is 7.74. The number of anilines is 1. The molecule has 3 aromatic rings. The van der Waals surface area contributed by atoms with Gasteiger partial charge in [-0.15, -0.1) is 0 Å². The lowest BCUT2D eigenvalue weighted by Gasteiger charge is -2.25. The summed E-state index contributed by atoms with van der Waals surface area (Å²) in [4.78, 5) is 21.9. The summed E-state index contributed by atoms with van der Waals surface area (Å²) in [6.45, 7) is -0.500. The number of nitrogens with two attached hydrogens (primary N) is 1. The van der Waals surface area contributed by atoms with Crippen LogP contribution in [-0.4, -0.2) is 33.8 Å². The maximum absolute atomic E-state index is 15.2. The number of carbonyl (C=O) groups is 1. The summed E-state index contributed by atoms with van der Waals surface area (Å²) in [7, 11) is 0. The minimum Gasteiger partial charge on any atom is -0.393 e. The number of amides is 1. The van der Waals surface area contributed by atoms with Crippen LogP contribution in [-0.2, 0) is 0 Å². The van der Waals surface area contributed by atoms with E-state index in [1.54, 1.807) is 18.3 Å². The Kier molecular flexibility index (Phi) is 9.38. The molecule has 1 aliphatic carbocycles. The van der Waals surface area contributed by atoms with E-state index in [2.05, 4.69) is 31.2 Å². The molecule has 4 rings (SSSR count). The van der Waals surface area contributed by atoms with Crippen molar-refractivity contribution >= 4 is 27.7 Å². The number of benzene rings is 2. The van der Waals surface area contributed by atoms with Gasteiger partial charge in [-0.25, -0.2) is 18.7 Å². The van der Waals surface area contributed by atoms with Crippen LogP contribution in [0.4, 0.5) is 19.0 Å². The Morgan fingerprint density at radius 3 is 2.58 bits per heavy atom. The quantitative estimate of drug-likeness (QED) is 0.250. The molecule has 1 aliphatic rings. The molecule has 10 heteroatoms. The first-order valence-corrected chi connectivity index (χ1v) is 13.5. The zero-order valence-electron chi connectivity index (χ0n) is 20.8. The fourth-order valence-electron chi connectivity index (χ4n) is 4.82. The summed E-state index contributed by atoms with van der Waals surface area (Å²) >= 11 is 3.25. The van der Waals surface area contributed by atoms with Crippen LogP contribution < -0.4 is 11.1 Å². The molecule has 2 aromatic carbocycles. The highest BCUT2D eigenvalue weighted by Gasteiger charge is 2.24.